The SMILES string of the molecule is CCC(Nc1ccc(N2CCCCC2)cc1)C(C)C. The van der Waals surface area contributed by atoms with E-state index in [1.54, 1.807) is 0 Å². The van der Waals surface area contributed by atoms with Gasteiger partial charge in [-0.15, -0.1) is 0 Å². The van der Waals surface area contributed by atoms with Crippen molar-refractivity contribution in [3.8, 4) is 0 Å². The Kier molecular flexibility index (Phi) is 5.12. The largest absolute Gasteiger partial charge is 0.382 e. The summed E-state index contributed by atoms with van der Waals surface area (Å²) in [6.45, 7) is 9.25. The fourth-order valence-electron chi connectivity index (χ4n) is 2.87. The predicted molar refractivity (Wildman–Crippen MR) is 85.0 cm³/mol. The molecule has 0 amide bonds. The molecule has 1 saturated heterocycles. The molecule has 1 unspecified atom stereocenters. The first-order valence-corrected chi connectivity index (χ1v) is 7.82. The molecule has 1 N–H and O–H groups in total. The number of hydrogen-bond acceptors (Lipinski definition) is 2. The molecule has 1 heterocycles. The first-order valence-electron chi connectivity index (χ1n) is 7.82. The third-order valence-corrected chi connectivity index (χ3v) is 4.19. The fourth-order valence-corrected chi connectivity index (χ4v) is 2.87. The second-order valence-corrected chi connectivity index (χ2v) is 6.00. The van der Waals surface area contributed by atoms with Gasteiger partial charge in [-0.1, -0.05) is 20.8 Å². The van der Waals surface area contributed by atoms with Gasteiger partial charge < -0.3 is 10.2 Å². The standard InChI is InChI=1S/C17H28N2/c1-4-17(14(2)3)18-15-8-10-16(11-9-15)19-12-6-5-7-13-19/h8-11,14,17-18H,4-7,12-13H2,1-3H3. The van der Waals surface area contributed by atoms with E-state index in [0.717, 1.165) is 0 Å². The highest BCUT2D eigenvalue weighted by Gasteiger charge is 2.12. The minimum atomic E-state index is 0.570. The highest BCUT2D eigenvalue weighted by atomic mass is 15.1. The summed E-state index contributed by atoms with van der Waals surface area (Å²) in [5.74, 6) is 0.673. The summed E-state index contributed by atoms with van der Waals surface area (Å²) in [4.78, 5) is 2.51. The zero-order chi connectivity index (χ0) is 13.7. The molecular formula is C17H28N2. The van der Waals surface area contributed by atoms with E-state index in [1.165, 1.54) is 50.1 Å². The summed E-state index contributed by atoms with van der Waals surface area (Å²) in [7, 11) is 0. The van der Waals surface area contributed by atoms with Crippen LogP contribution in [0, 0.1) is 5.92 Å². The van der Waals surface area contributed by atoms with E-state index >= 15 is 0 Å². The number of rotatable bonds is 5. The van der Waals surface area contributed by atoms with Crippen LogP contribution in [0.5, 0.6) is 0 Å². The van der Waals surface area contributed by atoms with Crippen molar-refractivity contribution in [3.05, 3.63) is 24.3 Å². The molecule has 19 heavy (non-hydrogen) atoms. The topological polar surface area (TPSA) is 15.3 Å². The summed E-state index contributed by atoms with van der Waals surface area (Å²) in [5.41, 5.74) is 2.63. The van der Waals surface area contributed by atoms with Gasteiger partial charge in [0.2, 0.25) is 0 Å². The molecule has 2 nitrogen and oxygen atoms in total. The van der Waals surface area contributed by atoms with Crippen molar-refractivity contribution in [1.29, 1.82) is 0 Å². The van der Waals surface area contributed by atoms with E-state index in [0.29, 0.717) is 12.0 Å². The molecular weight excluding hydrogens is 232 g/mol. The van der Waals surface area contributed by atoms with Crippen LogP contribution in [0.2, 0.25) is 0 Å². The van der Waals surface area contributed by atoms with E-state index in [4.69, 9.17) is 0 Å². The molecule has 0 bridgehead atoms. The normalized spacial score (nSPS) is 17.6. The van der Waals surface area contributed by atoms with Gasteiger partial charge in [0.05, 0.1) is 0 Å². The molecule has 1 atom stereocenters. The lowest BCUT2D eigenvalue weighted by Gasteiger charge is -2.29. The summed E-state index contributed by atoms with van der Waals surface area (Å²) in [5, 5.41) is 3.64. The first-order chi connectivity index (χ1) is 9.20. The zero-order valence-electron chi connectivity index (χ0n) is 12.7. The van der Waals surface area contributed by atoms with Crippen LogP contribution in [-0.4, -0.2) is 19.1 Å². The van der Waals surface area contributed by atoms with Gasteiger partial charge >= 0.3 is 0 Å². The Morgan fingerprint density at radius 2 is 1.68 bits per heavy atom. The van der Waals surface area contributed by atoms with Crippen LogP contribution in [-0.2, 0) is 0 Å². The van der Waals surface area contributed by atoms with Crippen LogP contribution in [0.15, 0.2) is 24.3 Å². The van der Waals surface area contributed by atoms with Crippen molar-refractivity contribution in [2.45, 2.75) is 52.5 Å². The van der Waals surface area contributed by atoms with Crippen LogP contribution in [0.25, 0.3) is 0 Å². The van der Waals surface area contributed by atoms with Crippen LogP contribution in [0.3, 0.4) is 0 Å². The molecule has 1 aliphatic rings. The van der Waals surface area contributed by atoms with E-state index in [9.17, 15) is 0 Å². The molecule has 106 valence electrons. The molecule has 0 aromatic heterocycles. The molecule has 0 radical (unpaired) electrons. The van der Waals surface area contributed by atoms with Crippen LogP contribution >= 0.6 is 0 Å². The predicted octanol–water partition coefficient (Wildman–Crippen LogP) is 4.52. The molecule has 0 aliphatic carbocycles. The van der Waals surface area contributed by atoms with Crippen molar-refractivity contribution >= 4 is 11.4 Å². The average Bonchev–Trinajstić information content (AvgIpc) is 2.46. The van der Waals surface area contributed by atoms with Gasteiger partial charge in [0.1, 0.15) is 0 Å². The monoisotopic (exact) mass is 260 g/mol. The number of piperidine rings is 1. The first kappa shape index (κ1) is 14.2. The van der Waals surface area contributed by atoms with Gasteiger partial charge in [-0.3, -0.25) is 0 Å². The summed E-state index contributed by atoms with van der Waals surface area (Å²) in [6, 6.07) is 9.56. The second-order valence-electron chi connectivity index (χ2n) is 6.00. The van der Waals surface area contributed by atoms with Crippen molar-refractivity contribution in [3.63, 3.8) is 0 Å². The summed E-state index contributed by atoms with van der Waals surface area (Å²) < 4.78 is 0. The minimum absolute atomic E-state index is 0.570. The van der Waals surface area contributed by atoms with Gasteiger partial charge in [0.25, 0.3) is 0 Å². The van der Waals surface area contributed by atoms with Gasteiger partial charge in [-0.05, 0) is 55.9 Å². The Bertz CT molecular complexity index is 363. The molecule has 2 heteroatoms. The van der Waals surface area contributed by atoms with Crippen molar-refractivity contribution < 1.29 is 0 Å². The Balaban J connectivity index is 1.97. The Morgan fingerprint density at radius 3 is 2.21 bits per heavy atom. The highest BCUT2D eigenvalue weighted by molar-refractivity contribution is 5.55. The number of benzene rings is 1. The van der Waals surface area contributed by atoms with Crippen molar-refractivity contribution in [1.82, 2.24) is 0 Å². The van der Waals surface area contributed by atoms with E-state index in [1.807, 2.05) is 0 Å². The van der Waals surface area contributed by atoms with Crippen molar-refractivity contribution in [2.75, 3.05) is 23.3 Å². The quantitative estimate of drug-likeness (QED) is 0.837. The van der Waals surface area contributed by atoms with Gasteiger partial charge in [-0.25, -0.2) is 0 Å². The van der Waals surface area contributed by atoms with E-state index in [-0.39, 0.29) is 0 Å². The Morgan fingerprint density at radius 1 is 1.05 bits per heavy atom. The number of nitrogens with zero attached hydrogens (tertiary/aromatic N) is 1. The maximum atomic E-state index is 3.64. The van der Waals surface area contributed by atoms with E-state index in [2.05, 4.69) is 55.3 Å². The number of nitrogens with one attached hydrogen (secondary N) is 1. The maximum absolute atomic E-state index is 3.64. The molecule has 2 rings (SSSR count). The molecule has 1 aromatic rings. The fraction of sp³-hybridized carbons (Fsp3) is 0.647. The van der Waals surface area contributed by atoms with Crippen LogP contribution < -0.4 is 10.2 Å². The van der Waals surface area contributed by atoms with Crippen LogP contribution in [0.4, 0.5) is 11.4 Å². The number of hydrogen-bond donors (Lipinski definition) is 1. The summed E-state index contributed by atoms with van der Waals surface area (Å²) >= 11 is 0. The Labute approximate surface area is 118 Å². The molecule has 1 fully saturated rings. The Hall–Kier alpha value is -1.18. The molecule has 0 saturated carbocycles. The zero-order valence-corrected chi connectivity index (χ0v) is 12.7. The van der Waals surface area contributed by atoms with Crippen molar-refractivity contribution in [2.24, 2.45) is 5.92 Å². The van der Waals surface area contributed by atoms with Gasteiger partial charge in [-0.2, -0.15) is 0 Å². The van der Waals surface area contributed by atoms with Gasteiger partial charge in [0.15, 0.2) is 0 Å². The highest BCUT2D eigenvalue weighted by Crippen LogP contribution is 2.23. The summed E-state index contributed by atoms with van der Waals surface area (Å²) in [6.07, 6.45) is 5.24. The van der Waals surface area contributed by atoms with E-state index < -0.39 is 0 Å². The molecule has 1 aliphatic heterocycles. The lowest BCUT2D eigenvalue weighted by molar-refractivity contribution is 0.511. The van der Waals surface area contributed by atoms with Gasteiger partial charge in [0, 0.05) is 30.5 Å². The third kappa shape index (κ3) is 3.89. The second kappa shape index (κ2) is 6.83. The average molecular weight is 260 g/mol. The lowest BCUT2D eigenvalue weighted by Crippen LogP contribution is -2.29. The molecule has 1 aromatic carbocycles. The minimum Gasteiger partial charge on any atom is -0.382 e. The lowest BCUT2D eigenvalue weighted by atomic mass is 10.0. The smallest absolute Gasteiger partial charge is 0.0367 e. The third-order valence-electron chi connectivity index (χ3n) is 4.19. The van der Waals surface area contributed by atoms with Crippen LogP contribution in [0.1, 0.15) is 46.5 Å². The number of anilines is 2. The maximum Gasteiger partial charge on any atom is 0.0367 e. The molecule has 0 spiro atoms.